The van der Waals surface area contributed by atoms with Crippen LogP contribution in [0.5, 0.6) is 0 Å². The Morgan fingerprint density at radius 2 is 1.89 bits per heavy atom. The quantitative estimate of drug-likeness (QED) is 0.740. The van der Waals surface area contributed by atoms with E-state index >= 15 is 0 Å². The van der Waals surface area contributed by atoms with Gasteiger partial charge in [-0.1, -0.05) is 13.3 Å². The topological polar surface area (TPSA) is 44.4 Å². The molecule has 0 unspecified atom stereocenters. The van der Waals surface area contributed by atoms with Crippen molar-refractivity contribution >= 4 is 5.91 Å². The van der Waals surface area contributed by atoms with E-state index in [1.54, 1.807) is 0 Å². The molecule has 2 rings (SSSR count). The van der Waals surface area contributed by atoms with Gasteiger partial charge in [-0.2, -0.15) is 0 Å². The summed E-state index contributed by atoms with van der Waals surface area (Å²) in [5.74, 6) is 0.257. The summed E-state index contributed by atoms with van der Waals surface area (Å²) in [6.45, 7) is 8.51. The number of hydrogen-bond donors (Lipinski definition) is 2. The SMILES string of the molecule is CC1(C(=O)NCCCN2CCCCC2)CCNCC1. The number of nitrogens with one attached hydrogen (secondary N) is 2. The number of rotatable bonds is 5. The highest BCUT2D eigenvalue weighted by atomic mass is 16.2. The largest absolute Gasteiger partial charge is 0.356 e. The Morgan fingerprint density at radius 1 is 1.21 bits per heavy atom. The fourth-order valence-electron chi connectivity index (χ4n) is 3.11. The molecule has 4 heteroatoms. The van der Waals surface area contributed by atoms with Crippen LogP contribution in [0.4, 0.5) is 0 Å². The summed E-state index contributed by atoms with van der Waals surface area (Å²) >= 11 is 0. The first-order valence-electron chi connectivity index (χ1n) is 7.92. The van der Waals surface area contributed by atoms with Gasteiger partial charge in [0.05, 0.1) is 0 Å². The highest BCUT2D eigenvalue weighted by Gasteiger charge is 2.34. The molecule has 4 nitrogen and oxygen atoms in total. The third-order valence-electron chi connectivity index (χ3n) is 4.64. The second-order valence-corrected chi connectivity index (χ2v) is 6.32. The Hall–Kier alpha value is -0.610. The van der Waals surface area contributed by atoms with Gasteiger partial charge in [0.2, 0.25) is 5.91 Å². The lowest BCUT2D eigenvalue weighted by molar-refractivity contribution is -0.131. The smallest absolute Gasteiger partial charge is 0.226 e. The van der Waals surface area contributed by atoms with Crippen LogP contribution in [0.1, 0.15) is 45.4 Å². The minimum absolute atomic E-state index is 0.142. The molecule has 0 aromatic rings. The first-order valence-corrected chi connectivity index (χ1v) is 7.92. The van der Waals surface area contributed by atoms with E-state index in [9.17, 15) is 4.79 Å². The summed E-state index contributed by atoms with van der Waals surface area (Å²) in [7, 11) is 0. The van der Waals surface area contributed by atoms with Gasteiger partial charge in [-0.05, 0) is 64.8 Å². The molecule has 0 aromatic carbocycles. The average Bonchev–Trinajstić information content (AvgIpc) is 2.45. The van der Waals surface area contributed by atoms with E-state index in [-0.39, 0.29) is 11.3 Å². The molecule has 0 atom stereocenters. The van der Waals surface area contributed by atoms with Crippen molar-refractivity contribution in [3.05, 3.63) is 0 Å². The van der Waals surface area contributed by atoms with E-state index in [0.29, 0.717) is 0 Å². The molecule has 0 aromatic heterocycles. The van der Waals surface area contributed by atoms with Crippen molar-refractivity contribution in [2.75, 3.05) is 39.3 Å². The van der Waals surface area contributed by atoms with Gasteiger partial charge in [0.25, 0.3) is 0 Å². The highest BCUT2D eigenvalue weighted by molar-refractivity contribution is 5.82. The summed E-state index contributed by atoms with van der Waals surface area (Å²) in [5.41, 5.74) is -0.142. The van der Waals surface area contributed by atoms with Crippen molar-refractivity contribution in [2.24, 2.45) is 5.41 Å². The third kappa shape index (κ3) is 4.46. The lowest BCUT2D eigenvalue weighted by atomic mass is 9.80. The lowest BCUT2D eigenvalue weighted by Gasteiger charge is -2.32. The number of nitrogens with zero attached hydrogens (tertiary/aromatic N) is 1. The molecular formula is C15H29N3O. The molecule has 2 aliphatic heterocycles. The van der Waals surface area contributed by atoms with Gasteiger partial charge in [0, 0.05) is 12.0 Å². The van der Waals surface area contributed by atoms with Gasteiger partial charge in [-0.3, -0.25) is 4.79 Å². The van der Waals surface area contributed by atoms with Crippen molar-refractivity contribution in [3.63, 3.8) is 0 Å². The zero-order valence-corrected chi connectivity index (χ0v) is 12.3. The van der Waals surface area contributed by atoms with Gasteiger partial charge < -0.3 is 15.5 Å². The molecule has 0 spiro atoms. The average molecular weight is 267 g/mol. The van der Waals surface area contributed by atoms with Crippen LogP contribution < -0.4 is 10.6 Å². The van der Waals surface area contributed by atoms with Crippen molar-refractivity contribution in [2.45, 2.75) is 45.4 Å². The lowest BCUT2D eigenvalue weighted by Crippen LogP contribution is -2.46. The van der Waals surface area contributed by atoms with Crippen molar-refractivity contribution in [3.8, 4) is 0 Å². The standard InChI is InChI=1S/C15H29N3O/c1-15(6-9-16-10-7-15)14(19)17-8-5-13-18-11-3-2-4-12-18/h16H,2-13H2,1H3,(H,17,19). The maximum absolute atomic E-state index is 12.2. The van der Waals surface area contributed by atoms with Crippen LogP contribution in [0.3, 0.4) is 0 Å². The monoisotopic (exact) mass is 267 g/mol. The molecule has 110 valence electrons. The fourth-order valence-corrected chi connectivity index (χ4v) is 3.11. The normalized spacial score (nSPS) is 24.1. The molecule has 2 fully saturated rings. The number of hydrogen-bond acceptors (Lipinski definition) is 3. The van der Waals surface area contributed by atoms with E-state index < -0.39 is 0 Å². The maximum atomic E-state index is 12.2. The van der Waals surface area contributed by atoms with E-state index in [1.165, 1.54) is 32.4 Å². The molecule has 19 heavy (non-hydrogen) atoms. The molecule has 0 saturated carbocycles. The Labute approximate surface area is 117 Å². The Kier molecular flexibility index (Phi) is 5.64. The van der Waals surface area contributed by atoms with E-state index in [2.05, 4.69) is 22.5 Å². The number of carbonyl (C=O) groups is 1. The number of carbonyl (C=O) groups excluding carboxylic acids is 1. The fraction of sp³-hybridized carbons (Fsp3) is 0.933. The zero-order valence-electron chi connectivity index (χ0n) is 12.3. The van der Waals surface area contributed by atoms with E-state index in [4.69, 9.17) is 0 Å². The molecular weight excluding hydrogens is 238 g/mol. The van der Waals surface area contributed by atoms with Crippen LogP contribution in [0, 0.1) is 5.41 Å². The van der Waals surface area contributed by atoms with Gasteiger partial charge in [-0.25, -0.2) is 0 Å². The van der Waals surface area contributed by atoms with Crippen LogP contribution in [-0.2, 0) is 4.79 Å². The van der Waals surface area contributed by atoms with Crippen LogP contribution in [0.15, 0.2) is 0 Å². The molecule has 2 N–H and O–H groups in total. The summed E-state index contributed by atoms with van der Waals surface area (Å²) in [5, 5.41) is 6.46. The molecule has 2 heterocycles. The van der Waals surface area contributed by atoms with Gasteiger partial charge >= 0.3 is 0 Å². The molecule has 0 radical (unpaired) electrons. The van der Waals surface area contributed by atoms with Crippen LogP contribution in [0.25, 0.3) is 0 Å². The van der Waals surface area contributed by atoms with Crippen molar-refractivity contribution < 1.29 is 4.79 Å². The summed E-state index contributed by atoms with van der Waals surface area (Å²) in [4.78, 5) is 14.7. The number of likely N-dealkylation sites (tertiary alicyclic amines) is 1. The summed E-state index contributed by atoms with van der Waals surface area (Å²) in [6.07, 6.45) is 7.09. The van der Waals surface area contributed by atoms with Crippen LogP contribution in [0.2, 0.25) is 0 Å². The minimum Gasteiger partial charge on any atom is -0.356 e. The summed E-state index contributed by atoms with van der Waals surface area (Å²) < 4.78 is 0. The first-order chi connectivity index (χ1) is 9.21. The Morgan fingerprint density at radius 3 is 2.58 bits per heavy atom. The first kappa shape index (κ1) is 14.8. The van der Waals surface area contributed by atoms with Crippen molar-refractivity contribution in [1.82, 2.24) is 15.5 Å². The maximum Gasteiger partial charge on any atom is 0.226 e. The number of piperidine rings is 2. The molecule has 2 aliphatic rings. The summed E-state index contributed by atoms with van der Waals surface area (Å²) in [6, 6.07) is 0. The Bertz CT molecular complexity index is 281. The predicted octanol–water partition coefficient (Wildman–Crippen LogP) is 1.37. The second kappa shape index (κ2) is 7.25. The minimum atomic E-state index is -0.142. The molecule has 2 saturated heterocycles. The highest BCUT2D eigenvalue weighted by Crippen LogP contribution is 2.27. The van der Waals surface area contributed by atoms with Gasteiger partial charge in [0.1, 0.15) is 0 Å². The van der Waals surface area contributed by atoms with Gasteiger partial charge in [0.15, 0.2) is 0 Å². The van der Waals surface area contributed by atoms with Crippen molar-refractivity contribution in [1.29, 1.82) is 0 Å². The van der Waals surface area contributed by atoms with Crippen LogP contribution >= 0.6 is 0 Å². The molecule has 1 amide bonds. The number of amides is 1. The molecule has 0 bridgehead atoms. The molecule has 0 aliphatic carbocycles. The zero-order chi connectivity index (χ0) is 13.6. The third-order valence-corrected chi connectivity index (χ3v) is 4.64. The van der Waals surface area contributed by atoms with Crippen LogP contribution in [-0.4, -0.2) is 50.1 Å². The van der Waals surface area contributed by atoms with E-state index in [0.717, 1.165) is 45.4 Å². The van der Waals surface area contributed by atoms with Gasteiger partial charge in [-0.15, -0.1) is 0 Å². The second-order valence-electron chi connectivity index (χ2n) is 6.32. The predicted molar refractivity (Wildman–Crippen MR) is 78.1 cm³/mol. The van der Waals surface area contributed by atoms with E-state index in [1.807, 2.05) is 0 Å². The Balaban J connectivity index is 1.60.